The second-order valence-corrected chi connectivity index (χ2v) is 11.3. The summed E-state index contributed by atoms with van der Waals surface area (Å²) in [5.41, 5.74) is 6.81. The Kier molecular flexibility index (Phi) is 9.11. The van der Waals surface area contributed by atoms with E-state index in [-0.39, 0.29) is 48.5 Å². The number of amides is 1. The van der Waals surface area contributed by atoms with Gasteiger partial charge in [-0.1, -0.05) is 24.3 Å². The molecule has 0 radical (unpaired) electrons. The summed E-state index contributed by atoms with van der Waals surface area (Å²) in [6, 6.07) is 9.60. The third-order valence-corrected chi connectivity index (χ3v) is 8.11. The summed E-state index contributed by atoms with van der Waals surface area (Å²) in [6.07, 6.45) is -3.47. The van der Waals surface area contributed by atoms with Gasteiger partial charge < -0.3 is 24.7 Å². The minimum Gasteiger partial charge on any atom is -0.469 e. The standard InChI is InChI=1S/C30H34F3N7O5/c1-18-21(7-10-45-18)29(43)40-25(37(2)14-19-3-5-20(6-4-19)28(34)35)13-23(36-40)27-22(30(31,32)33)15-38(16-24(27)41)17-26(42)39-8-11-44-12-9-39/h3-7,10,13,22,27H,8-9,11-12,14-17H2,1-2H3,(H3,34,35). The van der Waals surface area contributed by atoms with Gasteiger partial charge in [0.25, 0.3) is 5.91 Å². The van der Waals surface area contributed by atoms with Crippen LogP contribution in [0.4, 0.5) is 19.0 Å². The Balaban J connectivity index is 1.46. The number of piperidine rings is 1. The van der Waals surface area contributed by atoms with Crippen molar-refractivity contribution in [3.8, 4) is 0 Å². The molecule has 3 aromatic rings. The second kappa shape index (κ2) is 12.9. The number of nitrogens with zero attached hydrogens (tertiary/aromatic N) is 5. The number of nitrogens with two attached hydrogens (primary N) is 1. The SMILES string of the molecule is Cc1occc1C(=O)n1nc(C2C(=O)CN(CC(=O)N3CCOCC3)CC2C(F)(F)F)cc1N(C)Cc1ccc(C(=N)N)cc1. The van der Waals surface area contributed by atoms with Crippen LogP contribution in [-0.4, -0.2) is 102 Å². The van der Waals surface area contributed by atoms with Crippen LogP contribution in [0.25, 0.3) is 0 Å². The number of aromatic nitrogens is 2. The van der Waals surface area contributed by atoms with E-state index in [4.69, 9.17) is 20.3 Å². The highest BCUT2D eigenvalue weighted by Crippen LogP contribution is 2.42. The van der Waals surface area contributed by atoms with E-state index in [1.54, 1.807) is 43.1 Å². The topological polar surface area (TPSA) is 151 Å². The molecule has 2 saturated heterocycles. The average molecular weight is 630 g/mol. The fraction of sp³-hybridized carbons (Fsp3) is 0.433. The summed E-state index contributed by atoms with van der Waals surface area (Å²) in [5, 5.41) is 11.9. The van der Waals surface area contributed by atoms with Crippen molar-refractivity contribution in [2.45, 2.75) is 25.6 Å². The number of carbonyl (C=O) groups is 3. The van der Waals surface area contributed by atoms with Crippen LogP contribution < -0.4 is 10.6 Å². The number of nitrogen functional groups attached to an aromatic ring is 1. The predicted octanol–water partition coefficient (Wildman–Crippen LogP) is 2.40. The molecule has 5 rings (SSSR count). The highest BCUT2D eigenvalue weighted by molar-refractivity contribution is 5.98. The summed E-state index contributed by atoms with van der Waals surface area (Å²) in [7, 11) is 1.65. The van der Waals surface area contributed by atoms with E-state index in [2.05, 4.69) is 5.10 Å². The van der Waals surface area contributed by atoms with Crippen LogP contribution in [-0.2, 0) is 20.9 Å². The van der Waals surface area contributed by atoms with Gasteiger partial charge in [-0.2, -0.15) is 23.0 Å². The molecule has 2 unspecified atom stereocenters. The highest BCUT2D eigenvalue weighted by Gasteiger charge is 2.52. The molecule has 2 atom stereocenters. The van der Waals surface area contributed by atoms with Gasteiger partial charge in [0.05, 0.1) is 55.7 Å². The van der Waals surface area contributed by atoms with Gasteiger partial charge in [-0.05, 0) is 18.6 Å². The van der Waals surface area contributed by atoms with Crippen LogP contribution in [0.3, 0.4) is 0 Å². The first kappa shape index (κ1) is 31.9. The van der Waals surface area contributed by atoms with Gasteiger partial charge in [0, 0.05) is 44.9 Å². The predicted molar refractivity (Wildman–Crippen MR) is 156 cm³/mol. The number of nitrogens with one attached hydrogen (secondary N) is 1. The molecule has 0 aliphatic carbocycles. The lowest BCUT2D eigenvalue weighted by Gasteiger charge is -2.38. The number of aryl methyl sites for hydroxylation is 1. The highest BCUT2D eigenvalue weighted by atomic mass is 19.4. The summed E-state index contributed by atoms with van der Waals surface area (Å²) < 4.78 is 55.2. The maximum Gasteiger partial charge on any atom is 0.394 e. The Morgan fingerprint density at radius 3 is 2.44 bits per heavy atom. The Hall–Kier alpha value is -4.50. The molecule has 0 bridgehead atoms. The number of morpholine rings is 1. The Bertz CT molecular complexity index is 1580. The van der Waals surface area contributed by atoms with E-state index in [1.807, 2.05) is 0 Å². The van der Waals surface area contributed by atoms with Gasteiger partial charge in [-0.15, -0.1) is 0 Å². The zero-order chi connectivity index (χ0) is 32.5. The van der Waals surface area contributed by atoms with Gasteiger partial charge in [-0.25, -0.2) is 0 Å². The number of hydrogen-bond acceptors (Lipinski definition) is 9. The maximum atomic E-state index is 14.6. The molecular weight excluding hydrogens is 595 g/mol. The summed E-state index contributed by atoms with van der Waals surface area (Å²) in [4.78, 5) is 44.2. The first-order chi connectivity index (χ1) is 21.3. The molecule has 2 aromatic heterocycles. The molecule has 240 valence electrons. The van der Waals surface area contributed by atoms with Crippen molar-refractivity contribution in [1.82, 2.24) is 19.6 Å². The van der Waals surface area contributed by atoms with Crippen LogP contribution in [0.2, 0.25) is 0 Å². The normalized spacial score (nSPS) is 19.5. The molecule has 2 fully saturated rings. The molecule has 2 aliphatic heterocycles. The van der Waals surface area contributed by atoms with Crippen molar-refractivity contribution >= 4 is 29.3 Å². The quantitative estimate of drug-likeness (QED) is 0.283. The molecule has 1 aromatic carbocycles. The lowest BCUT2D eigenvalue weighted by molar-refractivity contribution is -0.194. The van der Waals surface area contributed by atoms with Crippen molar-refractivity contribution in [3.63, 3.8) is 0 Å². The minimum absolute atomic E-state index is 0.0981. The van der Waals surface area contributed by atoms with Crippen molar-refractivity contribution < 1.29 is 36.7 Å². The number of amidine groups is 1. The summed E-state index contributed by atoms with van der Waals surface area (Å²) in [5.74, 6) is -5.20. The molecule has 3 N–H and O–H groups in total. The second-order valence-electron chi connectivity index (χ2n) is 11.3. The van der Waals surface area contributed by atoms with E-state index >= 15 is 0 Å². The van der Waals surface area contributed by atoms with E-state index in [1.165, 1.54) is 28.2 Å². The smallest absolute Gasteiger partial charge is 0.394 e. The van der Waals surface area contributed by atoms with Gasteiger partial charge >= 0.3 is 6.18 Å². The molecular formula is C30H34F3N7O5. The number of rotatable bonds is 8. The average Bonchev–Trinajstić information content (AvgIpc) is 3.63. The zero-order valence-electron chi connectivity index (χ0n) is 24.8. The van der Waals surface area contributed by atoms with E-state index in [0.29, 0.717) is 37.6 Å². The molecule has 0 spiro atoms. The van der Waals surface area contributed by atoms with Gasteiger partial charge in [0.15, 0.2) is 5.78 Å². The van der Waals surface area contributed by atoms with E-state index in [9.17, 15) is 27.6 Å². The molecule has 45 heavy (non-hydrogen) atoms. The number of likely N-dealkylation sites (tertiary alicyclic amines) is 1. The third-order valence-electron chi connectivity index (χ3n) is 8.11. The molecule has 15 heteroatoms. The number of ether oxygens (including phenoxy) is 1. The van der Waals surface area contributed by atoms with Crippen LogP contribution in [0, 0.1) is 18.3 Å². The van der Waals surface area contributed by atoms with E-state index < -0.39 is 36.2 Å². The first-order valence-electron chi connectivity index (χ1n) is 14.3. The van der Waals surface area contributed by atoms with Crippen LogP contribution in [0.15, 0.2) is 47.1 Å². The lowest BCUT2D eigenvalue weighted by Crippen LogP contribution is -2.54. The number of furan rings is 1. The third kappa shape index (κ3) is 6.93. The Labute approximate surface area is 257 Å². The molecule has 1 amide bonds. The minimum atomic E-state index is -4.79. The van der Waals surface area contributed by atoms with Crippen LogP contribution in [0.1, 0.15) is 38.9 Å². The summed E-state index contributed by atoms with van der Waals surface area (Å²) in [6.45, 7) is 1.89. The monoisotopic (exact) mass is 629 g/mol. The maximum absolute atomic E-state index is 14.6. The van der Waals surface area contributed by atoms with Gasteiger partial charge in [0.1, 0.15) is 17.4 Å². The lowest BCUT2D eigenvalue weighted by atomic mass is 9.81. The summed E-state index contributed by atoms with van der Waals surface area (Å²) >= 11 is 0. The van der Waals surface area contributed by atoms with Crippen LogP contribution >= 0.6 is 0 Å². The number of hydrogen-bond donors (Lipinski definition) is 2. The number of benzene rings is 1. The van der Waals surface area contributed by atoms with Gasteiger partial charge in [0.2, 0.25) is 5.91 Å². The fourth-order valence-corrected chi connectivity index (χ4v) is 5.71. The van der Waals surface area contributed by atoms with Gasteiger partial charge in [-0.3, -0.25) is 24.7 Å². The fourth-order valence-electron chi connectivity index (χ4n) is 5.71. The first-order valence-corrected chi connectivity index (χ1v) is 14.3. The largest absolute Gasteiger partial charge is 0.469 e. The zero-order valence-corrected chi connectivity index (χ0v) is 24.8. The number of halogens is 3. The van der Waals surface area contributed by atoms with E-state index in [0.717, 1.165) is 10.2 Å². The number of Topliss-reactive ketones (excluding diaryl/α,β-unsaturated/α-hetero) is 1. The molecule has 0 saturated carbocycles. The van der Waals surface area contributed by atoms with Crippen molar-refractivity contribution in [2.75, 3.05) is 57.9 Å². The Morgan fingerprint density at radius 1 is 1.16 bits per heavy atom. The Morgan fingerprint density at radius 2 is 1.84 bits per heavy atom. The van der Waals surface area contributed by atoms with Crippen molar-refractivity contribution in [3.05, 3.63) is 70.8 Å². The van der Waals surface area contributed by atoms with Crippen molar-refractivity contribution in [2.24, 2.45) is 11.7 Å². The number of carbonyl (C=O) groups excluding carboxylic acids is 3. The number of ketones is 1. The molecule has 12 nitrogen and oxygen atoms in total. The molecule has 2 aliphatic rings. The van der Waals surface area contributed by atoms with Crippen molar-refractivity contribution in [1.29, 1.82) is 5.41 Å². The van der Waals surface area contributed by atoms with Crippen LogP contribution in [0.5, 0.6) is 0 Å². The number of anilines is 1. The molecule has 4 heterocycles. The number of alkyl halides is 3.